The van der Waals surface area contributed by atoms with Crippen LogP contribution in [0.2, 0.25) is 0 Å². The van der Waals surface area contributed by atoms with Gasteiger partial charge in [-0.05, 0) is 12.1 Å². The van der Waals surface area contributed by atoms with Crippen molar-refractivity contribution in [2.24, 2.45) is 21.1 Å². The van der Waals surface area contributed by atoms with E-state index in [4.69, 9.17) is 0 Å². The minimum atomic E-state index is -0.102. The molecule has 0 aliphatic carbocycles. The van der Waals surface area contributed by atoms with Gasteiger partial charge in [-0.25, -0.2) is 4.98 Å². The van der Waals surface area contributed by atoms with Crippen LogP contribution in [0.15, 0.2) is 41.5 Å². The molecule has 5 aromatic rings. The minimum Gasteiger partial charge on any atom is -0.327 e. The highest BCUT2D eigenvalue weighted by Gasteiger charge is 2.12. The van der Waals surface area contributed by atoms with E-state index in [9.17, 15) is 4.79 Å². The summed E-state index contributed by atoms with van der Waals surface area (Å²) in [6, 6.07) is 7.28. The van der Waals surface area contributed by atoms with E-state index in [0.29, 0.717) is 16.9 Å². The molecule has 5 aromatic heterocycles. The lowest BCUT2D eigenvalue weighted by molar-refractivity contribution is 0.775. The van der Waals surface area contributed by atoms with E-state index in [1.54, 1.807) is 33.5 Å². The molecule has 10 nitrogen and oxygen atoms in total. The first-order valence-electron chi connectivity index (χ1n) is 8.65. The molecule has 5 heterocycles. The maximum Gasteiger partial charge on any atom is 0.194 e. The minimum absolute atomic E-state index is 0.102. The fraction of sp³-hybridized carbons (Fsp3) is 0.167. The number of pyridine rings is 2. The molecule has 5 rings (SSSR count). The summed E-state index contributed by atoms with van der Waals surface area (Å²) in [5.41, 5.74) is 2.81. The summed E-state index contributed by atoms with van der Waals surface area (Å²) in [7, 11) is 5.47. The highest BCUT2D eigenvalue weighted by molar-refractivity contribution is 5.79. The average molecular weight is 375 g/mol. The van der Waals surface area contributed by atoms with Gasteiger partial charge in [-0.1, -0.05) is 0 Å². The zero-order valence-corrected chi connectivity index (χ0v) is 15.5. The van der Waals surface area contributed by atoms with Crippen LogP contribution in [0.3, 0.4) is 0 Å². The van der Waals surface area contributed by atoms with Gasteiger partial charge in [0, 0.05) is 38.7 Å². The van der Waals surface area contributed by atoms with Crippen LogP contribution in [-0.4, -0.2) is 39.3 Å². The molecule has 140 valence electrons. The van der Waals surface area contributed by atoms with E-state index in [1.165, 1.54) is 6.07 Å². The van der Waals surface area contributed by atoms with Crippen molar-refractivity contribution < 1.29 is 0 Å². The van der Waals surface area contributed by atoms with Crippen LogP contribution in [0.4, 0.5) is 11.6 Å². The van der Waals surface area contributed by atoms with E-state index in [2.05, 4.69) is 30.6 Å². The van der Waals surface area contributed by atoms with Gasteiger partial charge in [0.1, 0.15) is 23.0 Å². The second-order valence-corrected chi connectivity index (χ2v) is 6.62. The SMILES string of the molecule is Cn1nc(-c2ccc3cnn(C)c3n2)cc1Nc1cc(=O)c2cnn(C)c2[nH]1. The molecular weight excluding hydrogens is 358 g/mol. The number of nitrogens with one attached hydrogen (secondary N) is 2. The molecule has 0 aromatic carbocycles. The molecule has 0 saturated carbocycles. The first kappa shape index (κ1) is 16.2. The summed E-state index contributed by atoms with van der Waals surface area (Å²) in [5, 5.41) is 17.6. The van der Waals surface area contributed by atoms with Gasteiger partial charge in [0.05, 0.1) is 23.5 Å². The number of hydrogen-bond acceptors (Lipinski definition) is 6. The van der Waals surface area contributed by atoms with Crippen molar-refractivity contribution in [3.8, 4) is 11.4 Å². The van der Waals surface area contributed by atoms with Crippen LogP contribution < -0.4 is 10.7 Å². The number of anilines is 2. The predicted molar refractivity (Wildman–Crippen MR) is 105 cm³/mol. The highest BCUT2D eigenvalue weighted by Crippen LogP contribution is 2.24. The van der Waals surface area contributed by atoms with E-state index in [0.717, 1.165) is 28.2 Å². The second-order valence-electron chi connectivity index (χ2n) is 6.62. The van der Waals surface area contributed by atoms with Crippen LogP contribution in [0.1, 0.15) is 0 Å². The van der Waals surface area contributed by atoms with Crippen LogP contribution in [-0.2, 0) is 21.1 Å². The van der Waals surface area contributed by atoms with Crippen molar-refractivity contribution in [1.82, 2.24) is 39.3 Å². The number of fused-ring (bicyclic) bond motifs is 2. The maximum atomic E-state index is 12.3. The lowest BCUT2D eigenvalue weighted by Crippen LogP contribution is -2.07. The Labute approximate surface area is 158 Å². The number of rotatable bonds is 3. The Kier molecular flexibility index (Phi) is 3.35. The molecule has 0 aliphatic rings. The Morgan fingerprint density at radius 2 is 1.79 bits per heavy atom. The fourth-order valence-electron chi connectivity index (χ4n) is 3.22. The molecule has 28 heavy (non-hydrogen) atoms. The quantitative estimate of drug-likeness (QED) is 0.496. The predicted octanol–water partition coefficient (Wildman–Crippen LogP) is 1.69. The van der Waals surface area contributed by atoms with Gasteiger partial charge in [0.25, 0.3) is 0 Å². The molecule has 0 aliphatic heterocycles. The zero-order chi connectivity index (χ0) is 19.4. The lowest BCUT2D eigenvalue weighted by atomic mass is 10.2. The van der Waals surface area contributed by atoms with Crippen molar-refractivity contribution in [2.75, 3.05) is 5.32 Å². The Morgan fingerprint density at radius 3 is 2.64 bits per heavy atom. The number of aryl methyl sites for hydroxylation is 3. The molecule has 0 spiro atoms. The van der Waals surface area contributed by atoms with E-state index >= 15 is 0 Å². The van der Waals surface area contributed by atoms with Crippen molar-refractivity contribution in [1.29, 1.82) is 0 Å². The van der Waals surface area contributed by atoms with E-state index in [1.807, 2.05) is 32.3 Å². The van der Waals surface area contributed by atoms with Gasteiger partial charge in [0.2, 0.25) is 0 Å². The molecule has 2 N–H and O–H groups in total. The van der Waals surface area contributed by atoms with Crippen LogP contribution in [0.5, 0.6) is 0 Å². The molecule has 0 unspecified atom stereocenters. The lowest BCUT2D eigenvalue weighted by Gasteiger charge is -2.06. The molecule has 0 bridgehead atoms. The van der Waals surface area contributed by atoms with Gasteiger partial charge in [-0.2, -0.15) is 15.3 Å². The van der Waals surface area contributed by atoms with E-state index < -0.39 is 0 Å². The fourth-order valence-corrected chi connectivity index (χ4v) is 3.22. The molecule has 0 saturated heterocycles. The molecule has 0 atom stereocenters. The zero-order valence-electron chi connectivity index (χ0n) is 15.5. The van der Waals surface area contributed by atoms with Crippen LogP contribution in [0.25, 0.3) is 33.5 Å². The normalized spacial score (nSPS) is 11.5. The van der Waals surface area contributed by atoms with Crippen LogP contribution >= 0.6 is 0 Å². The first-order chi connectivity index (χ1) is 13.5. The summed E-state index contributed by atoms with van der Waals surface area (Å²) in [6.45, 7) is 0. The van der Waals surface area contributed by atoms with Gasteiger partial charge in [-0.15, -0.1) is 0 Å². The molecule has 10 heteroatoms. The summed E-state index contributed by atoms with van der Waals surface area (Å²) >= 11 is 0. The largest absolute Gasteiger partial charge is 0.327 e. The standard InChI is InChI=1S/C18H17N9O/c1-25-16(22-15-7-14(28)11-9-20-27(3)18(11)23-15)6-13(24-25)12-5-4-10-8-19-26(2)17(10)21-12/h4-9H,1-3H3,(H2,22,23,28). The van der Waals surface area contributed by atoms with Gasteiger partial charge < -0.3 is 10.3 Å². The Balaban J connectivity index is 1.53. The number of H-pyrrole nitrogens is 1. The average Bonchev–Trinajstić information content (AvgIpc) is 3.34. The number of aromatic amines is 1. The summed E-state index contributed by atoms with van der Waals surface area (Å²) < 4.78 is 5.06. The third-order valence-electron chi connectivity index (χ3n) is 4.72. The van der Waals surface area contributed by atoms with Gasteiger partial charge in [0.15, 0.2) is 11.1 Å². The monoisotopic (exact) mass is 375 g/mol. The number of hydrogen-bond donors (Lipinski definition) is 2. The third kappa shape index (κ3) is 2.46. The van der Waals surface area contributed by atoms with E-state index in [-0.39, 0.29) is 5.43 Å². The third-order valence-corrected chi connectivity index (χ3v) is 4.72. The second kappa shape index (κ2) is 5.78. The van der Waals surface area contributed by atoms with Gasteiger partial charge >= 0.3 is 0 Å². The number of aromatic nitrogens is 8. The molecule has 0 amide bonds. The Bertz CT molecular complexity index is 1400. The molecule has 0 fully saturated rings. The molecule has 0 radical (unpaired) electrons. The van der Waals surface area contributed by atoms with Crippen molar-refractivity contribution in [3.63, 3.8) is 0 Å². The van der Waals surface area contributed by atoms with Crippen molar-refractivity contribution in [2.45, 2.75) is 0 Å². The summed E-state index contributed by atoms with van der Waals surface area (Å²) in [4.78, 5) is 20.1. The summed E-state index contributed by atoms with van der Waals surface area (Å²) in [6.07, 6.45) is 3.34. The number of nitrogens with zero attached hydrogens (tertiary/aromatic N) is 7. The topological polar surface area (TPSA) is 111 Å². The van der Waals surface area contributed by atoms with Crippen LogP contribution in [0, 0.1) is 0 Å². The first-order valence-corrected chi connectivity index (χ1v) is 8.65. The maximum absolute atomic E-state index is 12.3. The highest BCUT2D eigenvalue weighted by atomic mass is 16.1. The van der Waals surface area contributed by atoms with Crippen molar-refractivity contribution >= 4 is 33.7 Å². The Hall–Kier alpha value is -3.95. The summed E-state index contributed by atoms with van der Waals surface area (Å²) in [5.74, 6) is 1.28. The Morgan fingerprint density at radius 1 is 0.964 bits per heavy atom. The van der Waals surface area contributed by atoms with Gasteiger partial charge in [-0.3, -0.25) is 18.8 Å². The molecular formula is C18H17N9O. The smallest absolute Gasteiger partial charge is 0.194 e. The van der Waals surface area contributed by atoms with Crippen molar-refractivity contribution in [3.05, 3.63) is 46.9 Å².